The Morgan fingerprint density at radius 2 is 1.96 bits per heavy atom. The van der Waals surface area contributed by atoms with Gasteiger partial charge in [0.15, 0.2) is 0 Å². The van der Waals surface area contributed by atoms with Crippen LogP contribution in [0.3, 0.4) is 0 Å². The van der Waals surface area contributed by atoms with E-state index in [0.29, 0.717) is 38.5 Å². The van der Waals surface area contributed by atoms with Gasteiger partial charge in [-0.25, -0.2) is 8.42 Å². The minimum atomic E-state index is -3.75. The number of hydrogen-bond acceptors (Lipinski definition) is 5. The van der Waals surface area contributed by atoms with E-state index in [4.69, 9.17) is 9.47 Å². The molecule has 1 aliphatic heterocycles. The molecule has 1 fully saturated rings. The van der Waals surface area contributed by atoms with Crippen LogP contribution in [0.15, 0.2) is 29.2 Å². The third kappa shape index (κ3) is 5.47. The van der Waals surface area contributed by atoms with Gasteiger partial charge in [0.2, 0.25) is 15.9 Å². The summed E-state index contributed by atoms with van der Waals surface area (Å²) in [5, 5.41) is 2.71. The van der Waals surface area contributed by atoms with Crippen LogP contribution in [0.4, 0.5) is 0 Å². The van der Waals surface area contributed by atoms with Gasteiger partial charge >= 0.3 is 0 Å². The number of carbonyl (C=O) groups excluding carboxylic acids is 1. The Morgan fingerprint density at radius 1 is 1.21 bits per heavy atom. The van der Waals surface area contributed by atoms with Crippen molar-refractivity contribution < 1.29 is 22.7 Å². The zero-order valence-corrected chi connectivity index (χ0v) is 14.6. The van der Waals surface area contributed by atoms with E-state index in [1.807, 2.05) is 6.92 Å². The van der Waals surface area contributed by atoms with Crippen molar-refractivity contribution in [3.05, 3.63) is 24.3 Å². The maximum atomic E-state index is 12.4. The van der Waals surface area contributed by atoms with E-state index < -0.39 is 16.1 Å². The lowest BCUT2D eigenvalue weighted by Crippen LogP contribution is -2.45. The summed E-state index contributed by atoms with van der Waals surface area (Å²) in [4.78, 5) is 12.0. The van der Waals surface area contributed by atoms with Crippen LogP contribution in [0.1, 0.15) is 26.2 Å². The van der Waals surface area contributed by atoms with Gasteiger partial charge in [-0.3, -0.25) is 4.79 Å². The first kappa shape index (κ1) is 18.7. The van der Waals surface area contributed by atoms with Crippen LogP contribution >= 0.6 is 0 Å². The Morgan fingerprint density at radius 3 is 2.67 bits per heavy atom. The molecule has 7 nitrogen and oxygen atoms in total. The zero-order valence-electron chi connectivity index (χ0n) is 13.8. The molecule has 0 aromatic heterocycles. The number of ether oxygens (including phenoxy) is 2. The summed E-state index contributed by atoms with van der Waals surface area (Å²) < 4.78 is 37.9. The number of hydrogen-bond donors (Lipinski definition) is 2. The van der Waals surface area contributed by atoms with Crippen molar-refractivity contribution in [3.63, 3.8) is 0 Å². The summed E-state index contributed by atoms with van der Waals surface area (Å²) in [6, 6.07) is 5.39. The Bertz CT molecular complexity index is 630. The molecule has 2 rings (SSSR count). The van der Waals surface area contributed by atoms with Crippen LogP contribution < -0.4 is 14.8 Å². The Balaban J connectivity index is 1.97. The highest BCUT2D eigenvalue weighted by atomic mass is 32.2. The van der Waals surface area contributed by atoms with Crippen molar-refractivity contribution in [1.82, 2.24) is 10.0 Å². The van der Waals surface area contributed by atoms with Crippen LogP contribution in [0, 0.1) is 0 Å². The Labute approximate surface area is 142 Å². The molecule has 0 aliphatic carbocycles. The monoisotopic (exact) mass is 356 g/mol. The van der Waals surface area contributed by atoms with Crippen LogP contribution in [0.2, 0.25) is 0 Å². The fourth-order valence-corrected chi connectivity index (χ4v) is 3.61. The lowest BCUT2D eigenvalue weighted by Gasteiger charge is -2.15. The van der Waals surface area contributed by atoms with E-state index in [2.05, 4.69) is 10.0 Å². The third-order valence-electron chi connectivity index (χ3n) is 3.67. The Kier molecular flexibility index (Phi) is 7.01. The van der Waals surface area contributed by atoms with Gasteiger partial charge in [0, 0.05) is 13.2 Å². The first-order valence-electron chi connectivity index (χ1n) is 8.13. The molecule has 1 unspecified atom stereocenters. The molecule has 0 spiro atoms. The quantitative estimate of drug-likeness (QED) is 0.679. The van der Waals surface area contributed by atoms with Crippen LogP contribution in [0.5, 0.6) is 5.75 Å². The van der Waals surface area contributed by atoms with E-state index in [9.17, 15) is 13.2 Å². The summed E-state index contributed by atoms with van der Waals surface area (Å²) in [6.45, 7) is 4.00. The lowest BCUT2D eigenvalue weighted by molar-refractivity contribution is -0.122. The molecule has 0 radical (unpaired) electrons. The molecule has 134 valence electrons. The van der Waals surface area contributed by atoms with Gasteiger partial charge in [-0.1, -0.05) is 0 Å². The molecular formula is C16H24N2O5S. The average Bonchev–Trinajstić information content (AvgIpc) is 2.76. The normalized spacial score (nSPS) is 18.7. The van der Waals surface area contributed by atoms with Crippen molar-refractivity contribution in [2.24, 2.45) is 0 Å². The minimum absolute atomic E-state index is 0.108. The lowest BCUT2D eigenvalue weighted by atomic mass is 10.1. The number of rotatable bonds is 8. The van der Waals surface area contributed by atoms with Crippen molar-refractivity contribution >= 4 is 15.9 Å². The second kappa shape index (κ2) is 9.00. The second-order valence-electron chi connectivity index (χ2n) is 5.48. The molecule has 24 heavy (non-hydrogen) atoms. The second-order valence-corrected chi connectivity index (χ2v) is 7.19. The van der Waals surface area contributed by atoms with Crippen LogP contribution in [-0.2, 0) is 19.6 Å². The van der Waals surface area contributed by atoms with Gasteiger partial charge in [-0.15, -0.1) is 0 Å². The Hall–Kier alpha value is -1.64. The smallest absolute Gasteiger partial charge is 0.241 e. The molecule has 8 heteroatoms. The van der Waals surface area contributed by atoms with Crippen molar-refractivity contribution in [3.8, 4) is 5.75 Å². The molecule has 0 saturated carbocycles. The third-order valence-corrected chi connectivity index (χ3v) is 5.15. The predicted molar refractivity (Wildman–Crippen MR) is 89.4 cm³/mol. The molecule has 2 N–H and O–H groups in total. The number of benzene rings is 1. The average molecular weight is 356 g/mol. The van der Waals surface area contributed by atoms with Crippen molar-refractivity contribution in [1.29, 1.82) is 0 Å². The highest BCUT2D eigenvalue weighted by Gasteiger charge is 2.26. The molecule has 1 atom stereocenters. The predicted octanol–water partition coefficient (Wildman–Crippen LogP) is 1.05. The molecule has 1 saturated heterocycles. The van der Waals surface area contributed by atoms with Crippen LogP contribution in [-0.4, -0.2) is 46.7 Å². The van der Waals surface area contributed by atoms with Gasteiger partial charge in [-0.2, -0.15) is 4.72 Å². The van der Waals surface area contributed by atoms with Crippen LogP contribution in [0.25, 0.3) is 0 Å². The van der Waals surface area contributed by atoms with E-state index in [1.165, 1.54) is 12.1 Å². The van der Waals surface area contributed by atoms with Crippen molar-refractivity contribution in [2.75, 3.05) is 26.4 Å². The molecule has 1 aromatic carbocycles. The summed E-state index contributed by atoms with van der Waals surface area (Å²) in [5.41, 5.74) is 0. The molecule has 1 aromatic rings. The maximum Gasteiger partial charge on any atom is 0.241 e. The van der Waals surface area contributed by atoms with Gasteiger partial charge in [0.05, 0.1) is 11.5 Å². The first-order valence-corrected chi connectivity index (χ1v) is 9.62. The van der Waals surface area contributed by atoms with Crippen molar-refractivity contribution in [2.45, 2.75) is 37.1 Å². The number of sulfonamides is 1. The van der Waals surface area contributed by atoms with E-state index in [1.54, 1.807) is 12.1 Å². The van der Waals surface area contributed by atoms with Gasteiger partial charge in [-0.05, 0) is 50.5 Å². The highest BCUT2D eigenvalue weighted by molar-refractivity contribution is 7.89. The number of carbonyl (C=O) groups is 1. The summed E-state index contributed by atoms with van der Waals surface area (Å²) in [5.74, 6) is 0.299. The fraction of sp³-hybridized carbons (Fsp3) is 0.562. The van der Waals surface area contributed by atoms with E-state index >= 15 is 0 Å². The molecular weight excluding hydrogens is 332 g/mol. The summed E-state index contributed by atoms with van der Waals surface area (Å²) in [6.07, 6.45) is 2.17. The maximum absolute atomic E-state index is 12.4. The molecule has 1 aliphatic rings. The summed E-state index contributed by atoms with van der Waals surface area (Å²) in [7, 11) is -3.75. The largest absolute Gasteiger partial charge is 0.491 e. The molecule has 1 amide bonds. The minimum Gasteiger partial charge on any atom is -0.491 e. The van der Waals surface area contributed by atoms with E-state index in [0.717, 1.165) is 12.8 Å². The molecule has 0 bridgehead atoms. The van der Waals surface area contributed by atoms with E-state index in [-0.39, 0.29) is 10.8 Å². The topological polar surface area (TPSA) is 93.7 Å². The fourth-order valence-electron chi connectivity index (χ4n) is 2.38. The van der Waals surface area contributed by atoms with Gasteiger partial charge in [0.25, 0.3) is 0 Å². The standard InChI is InChI=1S/C16H24N2O5S/c1-2-22-11-12-23-13-6-8-14(9-7-13)24(20,21)18-15-5-3-4-10-17-16(15)19/h6-9,15,18H,2-5,10-12H2,1H3,(H,17,19). The van der Waals surface area contributed by atoms with Gasteiger partial charge < -0.3 is 14.8 Å². The highest BCUT2D eigenvalue weighted by Crippen LogP contribution is 2.17. The summed E-state index contributed by atoms with van der Waals surface area (Å²) >= 11 is 0. The first-order chi connectivity index (χ1) is 11.5. The number of nitrogens with one attached hydrogen (secondary N) is 2. The number of amides is 1. The SMILES string of the molecule is CCOCCOc1ccc(S(=O)(=O)NC2CCCCNC2=O)cc1. The zero-order chi connectivity index (χ0) is 17.4. The van der Waals surface area contributed by atoms with Gasteiger partial charge in [0.1, 0.15) is 18.4 Å². The molecule has 1 heterocycles.